The van der Waals surface area contributed by atoms with E-state index in [0.717, 1.165) is 16.9 Å². The van der Waals surface area contributed by atoms with E-state index >= 15 is 0 Å². The van der Waals surface area contributed by atoms with Gasteiger partial charge in [0.05, 0.1) is 12.8 Å². The van der Waals surface area contributed by atoms with Crippen LogP contribution in [0.1, 0.15) is 5.76 Å². The first-order valence-corrected chi connectivity index (χ1v) is 4.33. The van der Waals surface area contributed by atoms with Gasteiger partial charge in [-0.05, 0) is 23.8 Å². The van der Waals surface area contributed by atoms with Crippen LogP contribution in [0, 0.1) is 5.82 Å². The summed E-state index contributed by atoms with van der Waals surface area (Å²) in [4.78, 5) is 0. The normalized spacial score (nSPS) is 10.4. The van der Waals surface area contributed by atoms with Crippen LogP contribution in [0.15, 0.2) is 41.0 Å². The molecule has 1 aromatic heterocycles. The van der Waals surface area contributed by atoms with Crippen LogP contribution in [0.25, 0.3) is 11.1 Å². The molecule has 1 aromatic carbocycles. The Balaban J connectivity index is 2.44. The Labute approximate surface area is 81.2 Å². The van der Waals surface area contributed by atoms with Crippen LogP contribution in [-0.4, -0.2) is 0 Å². The van der Waals surface area contributed by atoms with E-state index in [1.807, 2.05) is 6.07 Å². The van der Waals surface area contributed by atoms with Crippen molar-refractivity contribution in [1.82, 2.24) is 0 Å². The van der Waals surface area contributed by atoms with Gasteiger partial charge in [-0.2, -0.15) is 0 Å². The van der Waals surface area contributed by atoms with Crippen molar-refractivity contribution in [2.24, 2.45) is 5.73 Å². The van der Waals surface area contributed by atoms with Crippen LogP contribution in [-0.2, 0) is 6.54 Å². The maximum atomic E-state index is 12.7. The maximum absolute atomic E-state index is 12.7. The molecule has 0 saturated heterocycles. The molecule has 0 fully saturated rings. The molecule has 0 aliphatic carbocycles. The number of furan rings is 1. The molecule has 0 aliphatic heterocycles. The molecule has 0 atom stereocenters. The Hall–Kier alpha value is -1.61. The van der Waals surface area contributed by atoms with Crippen molar-refractivity contribution in [2.45, 2.75) is 6.54 Å². The van der Waals surface area contributed by atoms with Crippen LogP contribution in [0.3, 0.4) is 0 Å². The van der Waals surface area contributed by atoms with Crippen molar-refractivity contribution in [1.29, 1.82) is 0 Å². The van der Waals surface area contributed by atoms with Crippen LogP contribution < -0.4 is 5.73 Å². The number of hydrogen-bond donors (Lipinski definition) is 1. The molecular weight excluding hydrogens is 181 g/mol. The third kappa shape index (κ3) is 1.54. The van der Waals surface area contributed by atoms with Gasteiger partial charge in [0.25, 0.3) is 0 Å². The van der Waals surface area contributed by atoms with E-state index in [0.29, 0.717) is 6.54 Å². The average molecular weight is 191 g/mol. The summed E-state index contributed by atoms with van der Waals surface area (Å²) >= 11 is 0. The van der Waals surface area contributed by atoms with E-state index in [-0.39, 0.29) is 5.82 Å². The highest BCUT2D eigenvalue weighted by atomic mass is 19.1. The van der Waals surface area contributed by atoms with E-state index in [1.54, 1.807) is 18.4 Å². The Kier molecular flexibility index (Phi) is 2.33. The van der Waals surface area contributed by atoms with Crippen molar-refractivity contribution in [2.75, 3.05) is 0 Å². The summed E-state index contributed by atoms with van der Waals surface area (Å²) in [7, 11) is 0. The fourth-order valence-electron chi connectivity index (χ4n) is 1.39. The molecule has 3 heteroatoms. The number of rotatable bonds is 2. The summed E-state index contributed by atoms with van der Waals surface area (Å²) in [5, 5.41) is 0. The molecule has 2 nitrogen and oxygen atoms in total. The van der Waals surface area contributed by atoms with Crippen molar-refractivity contribution in [3.8, 4) is 11.1 Å². The molecule has 2 rings (SSSR count). The van der Waals surface area contributed by atoms with Crippen molar-refractivity contribution >= 4 is 0 Å². The predicted octanol–water partition coefficient (Wildman–Crippen LogP) is 2.54. The number of benzene rings is 1. The second kappa shape index (κ2) is 3.64. The van der Waals surface area contributed by atoms with Crippen LogP contribution in [0.4, 0.5) is 4.39 Å². The van der Waals surface area contributed by atoms with Gasteiger partial charge in [-0.15, -0.1) is 0 Å². The molecule has 2 N–H and O–H groups in total. The Morgan fingerprint density at radius 3 is 2.50 bits per heavy atom. The number of nitrogens with two attached hydrogens (primary N) is 1. The summed E-state index contributed by atoms with van der Waals surface area (Å²) in [6.45, 7) is 0.347. The third-order valence-electron chi connectivity index (χ3n) is 2.09. The summed E-state index contributed by atoms with van der Waals surface area (Å²) in [6.07, 6.45) is 1.58. The molecule has 0 spiro atoms. The van der Waals surface area contributed by atoms with E-state index in [4.69, 9.17) is 10.2 Å². The van der Waals surface area contributed by atoms with E-state index in [2.05, 4.69) is 0 Å². The summed E-state index contributed by atoms with van der Waals surface area (Å²) in [5.41, 5.74) is 7.34. The molecule has 2 aromatic rings. The maximum Gasteiger partial charge on any atom is 0.125 e. The molecule has 1 heterocycles. The van der Waals surface area contributed by atoms with Crippen LogP contribution in [0.5, 0.6) is 0 Å². The average Bonchev–Trinajstić information content (AvgIpc) is 2.67. The van der Waals surface area contributed by atoms with Gasteiger partial charge >= 0.3 is 0 Å². The SMILES string of the molecule is NCc1occc1-c1ccc(F)cc1. The lowest BCUT2D eigenvalue weighted by molar-refractivity contribution is 0.513. The summed E-state index contributed by atoms with van der Waals surface area (Å²) in [6, 6.07) is 8.08. The minimum absolute atomic E-state index is 0.244. The molecule has 0 radical (unpaired) electrons. The van der Waals surface area contributed by atoms with Crippen LogP contribution >= 0.6 is 0 Å². The summed E-state index contributed by atoms with van der Waals surface area (Å²) in [5.74, 6) is 0.475. The monoisotopic (exact) mass is 191 g/mol. The molecule has 0 saturated carbocycles. The van der Waals surface area contributed by atoms with Gasteiger partial charge in [0.1, 0.15) is 11.6 Å². The molecule has 0 bridgehead atoms. The van der Waals surface area contributed by atoms with E-state index in [9.17, 15) is 4.39 Å². The lowest BCUT2D eigenvalue weighted by Crippen LogP contribution is -1.95. The molecular formula is C11H10FNO. The van der Waals surface area contributed by atoms with Crippen LogP contribution in [0.2, 0.25) is 0 Å². The lowest BCUT2D eigenvalue weighted by Gasteiger charge is -1.99. The Morgan fingerprint density at radius 1 is 1.14 bits per heavy atom. The van der Waals surface area contributed by atoms with Gasteiger partial charge in [0, 0.05) is 5.56 Å². The first-order chi connectivity index (χ1) is 6.81. The second-order valence-corrected chi connectivity index (χ2v) is 2.97. The Morgan fingerprint density at radius 2 is 1.86 bits per heavy atom. The quantitative estimate of drug-likeness (QED) is 0.792. The zero-order valence-corrected chi connectivity index (χ0v) is 7.53. The van der Waals surface area contributed by atoms with Gasteiger partial charge in [-0.25, -0.2) is 4.39 Å². The first-order valence-electron chi connectivity index (χ1n) is 4.33. The minimum atomic E-state index is -0.244. The zero-order valence-electron chi connectivity index (χ0n) is 7.53. The fraction of sp³-hybridized carbons (Fsp3) is 0.0909. The topological polar surface area (TPSA) is 39.2 Å². The second-order valence-electron chi connectivity index (χ2n) is 2.97. The fourth-order valence-corrected chi connectivity index (χ4v) is 1.39. The standard InChI is InChI=1S/C11H10FNO/c12-9-3-1-8(2-4-9)10-5-6-14-11(10)7-13/h1-6H,7,13H2. The molecule has 14 heavy (non-hydrogen) atoms. The largest absolute Gasteiger partial charge is 0.467 e. The van der Waals surface area contributed by atoms with Crippen molar-refractivity contribution in [3.63, 3.8) is 0 Å². The van der Waals surface area contributed by atoms with E-state index < -0.39 is 0 Å². The smallest absolute Gasteiger partial charge is 0.125 e. The Bertz CT molecular complexity index is 419. The predicted molar refractivity (Wildman–Crippen MR) is 52.0 cm³/mol. The van der Waals surface area contributed by atoms with Gasteiger partial charge < -0.3 is 10.2 Å². The molecule has 0 aliphatic rings. The molecule has 0 amide bonds. The lowest BCUT2D eigenvalue weighted by atomic mass is 10.1. The van der Waals surface area contributed by atoms with Crippen molar-refractivity contribution < 1.29 is 8.81 Å². The molecule has 72 valence electrons. The highest BCUT2D eigenvalue weighted by Crippen LogP contribution is 2.24. The minimum Gasteiger partial charge on any atom is -0.467 e. The van der Waals surface area contributed by atoms with Gasteiger partial charge in [-0.3, -0.25) is 0 Å². The van der Waals surface area contributed by atoms with Crippen molar-refractivity contribution in [3.05, 3.63) is 48.2 Å². The molecule has 0 unspecified atom stereocenters. The van der Waals surface area contributed by atoms with E-state index in [1.165, 1.54) is 12.1 Å². The van der Waals surface area contributed by atoms with Gasteiger partial charge in [0.15, 0.2) is 0 Å². The third-order valence-corrected chi connectivity index (χ3v) is 2.09. The van der Waals surface area contributed by atoms with Gasteiger partial charge in [0.2, 0.25) is 0 Å². The highest BCUT2D eigenvalue weighted by molar-refractivity contribution is 5.65. The summed E-state index contributed by atoms with van der Waals surface area (Å²) < 4.78 is 17.8. The first kappa shape index (κ1) is 8.97. The number of halogens is 1. The highest BCUT2D eigenvalue weighted by Gasteiger charge is 2.06. The number of hydrogen-bond acceptors (Lipinski definition) is 2. The van der Waals surface area contributed by atoms with Gasteiger partial charge in [-0.1, -0.05) is 12.1 Å². The zero-order chi connectivity index (χ0) is 9.97.